The molecule has 0 saturated carbocycles. The third-order valence-electron chi connectivity index (χ3n) is 3.90. The van der Waals surface area contributed by atoms with Crippen molar-refractivity contribution in [1.29, 1.82) is 0 Å². The van der Waals surface area contributed by atoms with E-state index in [1.165, 1.54) is 24.5 Å². The number of ether oxygens (including phenoxy) is 1. The second-order valence-corrected chi connectivity index (χ2v) is 6.78. The molecule has 1 N–H and O–H groups in total. The van der Waals surface area contributed by atoms with Crippen molar-refractivity contribution in [3.63, 3.8) is 0 Å². The van der Waals surface area contributed by atoms with Crippen molar-refractivity contribution in [3.05, 3.63) is 60.4 Å². The fourth-order valence-electron chi connectivity index (χ4n) is 2.57. The van der Waals surface area contributed by atoms with E-state index in [9.17, 15) is 9.59 Å². The Kier molecular flexibility index (Phi) is 4.47. The van der Waals surface area contributed by atoms with Crippen LogP contribution in [0.1, 0.15) is 17.3 Å². The number of benzene rings is 2. The second kappa shape index (κ2) is 7.08. The van der Waals surface area contributed by atoms with Crippen LogP contribution in [-0.4, -0.2) is 32.9 Å². The van der Waals surface area contributed by atoms with Crippen molar-refractivity contribution in [1.82, 2.24) is 15.0 Å². The second-order valence-electron chi connectivity index (χ2n) is 5.75. The third kappa shape index (κ3) is 3.47. The topological polar surface area (TPSA) is 94.1 Å². The molecule has 7 nitrogen and oxygen atoms in total. The van der Waals surface area contributed by atoms with E-state index in [0.717, 1.165) is 10.2 Å². The fourth-order valence-corrected chi connectivity index (χ4v) is 3.44. The van der Waals surface area contributed by atoms with Crippen molar-refractivity contribution in [2.24, 2.45) is 0 Å². The van der Waals surface area contributed by atoms with E-state index in [0.29, 0.717) is 16.2 Å². The molecule has 2 heterocycles. The molecule has 0 bridgehead atoms. The van der Waals surface area contributed by atoms with Gasteiger partial charge in [0, 0.05) is 12.4 Å². The first-order valence-corrected chi connectivity index (χ1v) is 9.00. The zero-order chi connectivity index (χ0) is 18.8. The van der Waals surface area contributed by atoms with Crippen LogP contribution in [0.15, 0.2) is 54.9 Å². The van der Waals surface area contributed by atoms with Crippen LogP contribution in [0.5, 0.6) is 0 Å². The average Bonchev–Trinajstić information content (AvgIpc) is 3.09. The molecule has 0 spiro atoms. The molecule has 4 aromatic rings. The van der Waals surface area contributed by atoms with Crippen LogP contribution in [0.4, 0.5) is 5.13 Å². The first kappa shape index (κ1) is 17.0. The Morgan fingerprint density at radius 2 is 1.81 bits per heavy atom. The summed E-state index contributed by atoms with van der Waals surface area (Å²) in [7, 11) is 0. The summed E-state index contributed by atoms with van der Waals surface area (Å²) in [6.07, 6.45) is 2.06. The molecular formula is C19H14N4O3S. The molecular weight excluding hydrogens is 364 g/mol. The predicted octanol–water partition coefficient (Wildman–Crippen LogP) is 3.42. The number of rotatable bonds is 4. The molecule has 0 aliphatic rings. The number of esters is 1. The number of para-hydroxylation sites is 2. The molecule has 0 aliphatic carbocycles. The summed E-state index contributed by atoms with van der Waals surface area (Å²) in [6.45, 7) is 1.51. The zero-order valence-electron chi connectivity index (χ0n) is 14.2. The van der Waals surface area contributed by atoms with E-state index in [-0.39, 0.29) is 5.56 Å². The Bertz CT molecular complexity index is 1120. The van der Waals surface area contributed by atoms with Gasteiger partial charge in [-0.1, -0.05) is 29.5 Å². The molecule has 0 radical (unpaired) electrons. The van der Waals surface area contributed by atoms with Gasteiger partial charge in [0.25, 0.3) is 5.91 Å². The minimum Gasteiger partial charge on any atom is -0.449 e. The number of hydrogen-bond acceptors (Lipinski definition) is 7. The molecule has 8 heteroatoms. The van der Waals surface area contributed by atoms with E-state index in [2.05, 4.69) is 20.3 Å². The van der Waals surface area contributed by atoms with Crippen molar-refractivity contribution in [2.75, 3.05) is 5.32 Å². The number of amides is 1. The van der Waals surface area contributed by atoms with Gasteiger partial charge in [0.15, 0.2) is 11.2 Å². The van der Waals surface area contributed by atoms with Gasteiger partial charge in [-0.25, -0.2) is 9.78 Å². The largest absolute Gasteiger partial charge is 0.449 e. The SMILES string of the molecule is CC(OC(=O)c1cccc2nccnc12)C(=O)Nc1nc2ccccc2s1. The Labute approximate surface area is 158 Å². The van der Waals surface area contributed by atoms with E-state index in [1.807, 2.05) is 24.3 Å². The average molecular weight is 378 g/mol. The van der Waals surface area contributed by atoms with E-state index >= 15 is 0 Å². The van der Waals surface area contributed by atoms with Gasteiger partial charge in [-0.3, -0.25) is 20.1 Å². The van der Waals surface area contributed by atoms with Crippen LogP contribution in [-0.2, 0) is 9.53 Å². The highest BCUT2D eigenvalue weighted by Crippen LogP contribution is 2.25. The van der Waals surface area contributed by atoms with Crippen molar-refractivity contribution < 1.29 is 14.3 Å². The molecule has 4 rings (SSSR count). The molecule has 1 unspecified atom stereocenters. The Hall–Kier alpha value is -3.39. The highest BCUT2D eigenvalue weighted by molar-refractivity contribution is 7.22. The predicted molar refractivity (Wildman–Crippen MR) is 103 cm³/mol. The van der Waals surface area contributed by atoms with Gasteiger partial charge in [-0.15, -0.1) is 0 Å². The van der Waals surface area contributed by atoms with Gasteiger partial charge in [0.2, 0.25) is 0 Å². The van der Waals surface area contributed by atoms with Gasteiger partial charge in [-0.2, -0.15) is 0 Å². The van der Waals surface area contributed by atoms with Gasteiger partial charge < -0.3 is 4.74 Å². The van der Waals surface area contributed by atoms with Crippen LogP contribution in [0.25, 0.3) is 21.3 Å². The number of carbonyl (C=O) groups excluding carboxylic acids is 2. The molecule has 0 fully saturated rings. The highest BCUT2D eigenvalue weighted by Gasteiger charge is 2.22. The molecule has 27 heavy (non-hydrogen) atoms. The van der Waals surface area contributed by atoms with Gasteiger partial charge in [-0.05, 0) is 31.2 Å². The number of aromatic nitrogens is 3. The fraction of sp³-hybridized carbons (Fsp3) is 0.105. The van der Waals surface area contributed by atoms with Gasteiger partial charge in [0.1, 0.15) is 5.52 Å². The quantitative estimate of drug-likeness (QED) is 0.547. The third-order valence-corrected chi connectivity index (χ3v) is 4.85. The van der Waals surface area contributed by atoms with Crippen LogP contribution in [0, 0.1) is 0 Å². The molecule has 0 saturated heterocycles. The van der Waals surface area contributed by atoms with Crippen LogP contribution >= 0.6 is 11.3 Å². The summed E-state index contributed by atoms with van der Waals surface area (Å²) >= 11 is 1.36. The molecule has 2 aromatic heterocycles. The first-order valence-electron chi connectivity index (χ1n) is 8.19. The standard InChI is InChI=1S/C19H14N4O3S/c1-11(17(24)23-19-22-13-6-2-3-8-15(13)27-19)26-18(25)12-5-4-7-14-16(12)21-10-9-20-14/h2-11H,1H3,(H,22,23,24). The van der Waals surface area contributed by atoms with Crippen LogP contribution < -0.4 is 5.32 Å². The smallest absolute Gasteiger partial charge is 0.341 e. The lowest BCUT2D eigenvalue weighted by atomic mass is 10.2. The Balaban J connectivity index is 1.48. The summed E-state index contributed by atoms with van der Waals surface area (Å²) in [6, 6.07) is 12.6. The summed E-state index contributed by atoms with van der Waals surface area (Å²) in [4.78, 5) is 37.5. The lowest BCUT2D eigenvalue weighted by Crippen LogP contribution is -2.30. The van der Waals surface area contributed by atoms with E-state index in [4.69, 9.17) is 4.74 Å². The highest BCUT2D eigenvalue weighted by atomic mass is 32.1. The van der Waals surface area contributed by atoms with Crippen molar-refractivity contribution in [3.8, 4) is 0 Å². The van der Waals surface area contributed by atoms with E-state index in [1.54, 1.807) is 24.4 Å². The number of nitrogens with one attached hydrogen (secondary N) is 1. The number of fused-ring (bicyclic) bond motifs is 2. The maximum Gasteiger partial charge on any atom is 0.341 e. The summed E-state index contributed by atoms with van der Waals surface area (Å²) in [5.74, 6) is -1.08. The monoisotopic (exact) mass is 378 g/mol. The summed E-state index contributed by atoms with van der Waals surface area (Å²) < 4.78 is 6.28. The van der Waals surface area contributed by atoms with Crippen molar-refractivity contribution >= 4 is 49.6 Å². The molecule has 1 amide bonds. The van der Waals surface area contributed by atoms with Gasteiger partial charge >= 0.3 is 5.97 Å². The maximum absolute atomic E-state index is 12.5. The zero-order valence-corrected chi connectivity index (χ0v) is 15.1. The minimum absolute atomic E-state index is 0.264. The van der Waals surface area contributed by atoms with Crippen LogP contribution in [0.2, 0.25) is 0 Å². The number of anilines is 1. The van der Waals surface area contributed by atoms with Crippen molar-refractivity contribution in [2.45, 2.75) is 13.0 Å². The number of carbonyl (C=O) groups is 2. The Morgan fingerprint density at radius 1 is 1.04 bits per heavy atom. The molecule has 0 aliphatic heterocycles. The maximum atomic E-state index is 12.5. The Morgan fingerprint density at radius 3 is 2.67 bits per heavy atom. The summed E-state index contributed by atoms with van der Waals surface area (Å²) in [5, 5.41) is 3.15. The normalized spacial score (nSPS) is 12.0. The number of hydrogen-bond donors (Lipinski definition) is 1. The number of thiazole rings is 1. The molecule has 134 valence electrons. The lowest BCUT2D eigenvalue weighted by Gasteiger charge is -2.13. The molecule has 1 atom stereocenters. The van der Waals surface area contributed by atoms with Gasteiger partial charge in [0.05, 0.1) is 21.3 Å². The first-order chi connectivity index (χ1) is 13.1. The van der Waals surface area contributed by atoms with E-state index < -0.39 is 18.0 Å². The van der Waals surface area contributed by atoms with Crippen LogP contribution in [0.3, 0.4) is 0 Å². The summed E-state index contributed by atoms with van der Waals surface area (Å²) in [5.41, 5.74) is 2.08. The lowest BCUT2D eigenvalue weighted by molar-refractivity contribution is -0.123. The number of nitrogens with zero attached hydrogens (tertiary/aromatic N) is 3. The molecule has 2 aromatic carbocycles. The minimum atomic E-state index is -0.989.